The first kappa shape index (κ1) is 20.0. The van der Waals surface area contributed by atoms with Crippen LogP contribution in [-0.2, 0) is 4.79 Å². The molecule has 0 aromatic carbocycles. The van der Waals surface area contributed by atoms with Crippen LogP contribution in [0.15, 0.2) is 12.3 Å². The highest BCUT2D eigenvalue weighted by Gasteiger charge is 2.31. The molecule has 0 saturated carbocycles. The number of carbonyl (C=O) groups excluding carboxylic acids is 1. The van der Waals surface area contributed by atoms with Crippen LogP contribution in [0.2, 0.25) is 0 Å². The number of allylic oxidation sites excluding steroid dienone is 1. The predicted octanol–water partition coefficient (Wildman–Crippen LogP) is 4.44. The van der Waals surface area contributed by atoms with Crippen LogP contribution in [-0.4, -0.2) is 40.4 Å². The SMILES string of the molecule is C=C(CC)N(C)C(C)(C)CCN(C(=O)CC)C(C)(C)CC. The van der Waals surface area contributed by atoms with Gasteiger partial charge < -0.3 is 9.80 Å². The normalized spacial score (nSPS) is 12.2. The largest absolute Gasteiger partial charge is 0.373 e. The second-order valence-electron chi connectivity index (χ2n) is 7.11. The predicted molar refractivity (Wildman–Crippen MR) is 92.3 cm³/mol. The summed E-state index contributed by atoms with van der Waals surface area (Å²) in [5, 5.41) is 0. The van der Waals surface area contributed by atoms with Crippen molar-refractivity contribution < 1.29 is 4.79 Å². The Kier molecular flexibility index (Phi) is 7.49. The molecule has 0 fully saturated rings. The summed E-state index contributed by atoms with van der Waals surface area (Å²) in [4.78, 5) is 16.6. The fraction of sp³-hybridized carbons (Fsp3) is 0.833. The van der Waals surface area contributed by atoms with Crippen molar-refractivity contribution in [2.24, 2.45) is 0 Å². The van der Waals surface area contributed by atoms with Crippen molar-refractivity contribution in [1.82, 2.24) is 9.80 Å². The summed E-state index contributed by atoms with van der Waals surface area (Å²) in [7, 11) is 2.10. The summed E-state index contributed by atoms with van der Waals surface area (Å²) in [6.45, 7) is 19.9. The van der Waals surface area contributed by atoms with Crippen molar-refractivity contribution >= 4 is 5.91 Å². The lowest BCUT2D eigenvalue weighted by atomic mass is 9.93. The summed E-state index contributed by atoms with van der Waals surface area (Å²) in [5.41, 5.74) is 1.07. The van der Waals surface area contributed by atoms with Crippen molar-refractivity contribution in [2.45, 2.75) is 85.2 Å². The van der Waals surface area contributed by atoms with E-state index in [2.05, 4.69) is 65.0 Å². The zero-order chi connectivity index (χ0) is 16.8. The van der Waals surface area contributed by atoms with Gasteiger partial charge in [0.15, 0.2) is 0 Å². The molecule has 0 saturated heterocycles. The molecule has 0 rings (SSSR count). The minimum absolute atomic E-state index is 0.00316. The van der Waals surface area contributed by atoms with E-state index in [9.17, 15) is 4.79 Å². The molecule has 0 radical (unpaired) electrons. The van der Waals surface area contributed by atoms with Gasteiger partial charge >= 0.3 is 0 Å². The highest BCUT2D eigenvalue weighted by molar-refractivity contribution is 5.76. The summed E-state index contributed by atoms with van der Waals surface area (Å²) >= 11 is 0. The number of nitrogens with zero attached hydrogens (tertiary/aromatic N) is 2. The van der Waals surface area contributed by atoms with E-state index in [1.165, 1.54) is 0 Å². The molecule has 3 heteroatoms. The maximum absolute atomic E-state index is 12.3. The second-order valence-corrected chi connectivity index (χ2v) is 7.11. The first-order chi connectivity index (χ1) is 9.53. The molecule has 21 heavy (non-hydrogen) atoms. The third-order valence-corrected chi connectivity index (χ3v) is 4.94. The third kappa shape index (κ3) is 5.37. The highest BCUT2D eigenvalue weighted by atomic mass is 16.2. The number of hydrogen-bond donors (Lipinski definition) is 0. The molecule has 0 aromatic heterocycles. The van der Waals surface area contributed by atoms with Crippen LogP contribution in [0.5, 0.6) is 0 Å². The number of amides is 1. The van der Waals surface area contributed by atoms with Gasteiger partial charge in [-0.15, -0.1) is 0 Å². The van der Waals surface area contributed by atoms with Crippen molar-refractivity contribution in [2.75, 3.05) is 13.6 Å². The molecule has 0 aliphatic rings. The van der Waals surface area contributed by atoms with Gasteiger partial charge in [-0.1, -0.05) is 27.4 Å². The lowest BCUT2D eigenvalue weighted by molar-refractivity contribution is -0.136. The van der Waals surface area contributed by atoms with Gasteiger partial charge in [0, 0.05) is 36.8 Å². The molecule has 0 bridgehead atoms. The van der Waals surface area contributed by atoms with Crippen LogP contribution >= 0.6 is 0 Å². The van der Waals surface area contributed by atoms with Crippen molar-refractivity contribution in [1.29, 1.82) is 0 Å². The number of carbonyl (C=O) groups is 1. The molecule has 0 unspecified atom stereocenters. The Bertz CT molecular complexity index is 358. The molecule has 1 amide bonds. The standard InChI is InChI=1S/C18H36N2O/c1-10-15(4)19(9)18(7,8)13-14-20(16(21)11-2)17(5,6)12-3/h4,10-14H2,1-3,5-9H3. The lowest BCUT2D eigenvalue weighted by Gasteiger charge is -2.43. The molecule has 0 heterocycles. The molecular formula is C18H36N2O. The Hall–Kier alpha value is -0.990. The summed E-state index contributed by atoms with van der Waals surface area (Å²) < 4.78 is 0. The monoisotopic (exact) mass is 296 g/mol. The van der Waals surface area contributed by atoms with Crippen LogP contribution in [0, 0.1) is 0 Å². The average Bonchev–Trinajstić information content (AvgIpc) is 2.44. The number of rotatable bonds is 9. The number of hydrogen-bond acceptors (Lipinski definition) is 2. The molecule has 0 aliphatic heterocycles. The molecule has 0 aliphatic carbocycles. The summed E-state index contributed by atoms with van der Waals surface area (Å²) in [6, 6.07) is 0. The van der Waals surface area contributed by atoms with Gasteiger partial charge in [0.25, 0.3) is 0 Å². The van der Waals surface area contributed by atoms with Gasteiger partial charge in [-0.05, 0) is 47.0 Å². The lowest BCUT2D eigenvalue weighted by Crippen LogP contribution is -2.50. The highest BCUT2D eigenvalue weighted by Crippen LogP contribution is 2.26. The van der Waals surface area contributed by atoms with Gasteiger partial charge in [0.05, 0.1) is 0 Å². The van der Waals surface area contributed by atoms with Gasteiger partial charge in [0.1, 0.15) is 0 Å². The molecule has 0 aromatic rings. The van der Waals surface area contributed by atoms with E-state index in [0.717, 1.165) is 31.5 Å². The second kappa shape index (κ2) is 7.86. The zero-order valence-corrected chi connectivity index (χ0v) is 15.5. The van der Waals surface area contributed by atoms with E-state index >= 15 is 0 Å². The average molecular weight is 296 g/mol. The molecule has 0 atom stereocenters. The quantitative estimate of drug-likeness (QED) is 0.628. The van der Waals surface area contributed by atoms with E-state index in [1.54, 1.807) is 0 Å². The van der Waals surface area contributed by atoms with Crippen LogP contribution in [0.25, 0.3) is 0 Å². The maximum atomic E-state index is 12.3. The first-order valence-corrected chi connectivity index (χ1v) is 8.25. The maximum Gasteiger partial charge on any atom is 0.222 e. The minimum Gasteiger partial charge on any atom is -0.373 e. The summed E-state index contributed by atoms with van der Waals surface area (Å²) in [6.07, 6.45) is 3.44. The first-order valence-electron chi connectivity index (χ1n) is 8.25. The van der Waals surface area contributed by atoms with E-state index in [0.29, 0.717) is 6.42 Å². The topological polar surface area (TPSA) is 23.6 Å². The Morgan fingerprint density at radius 3 is 1.90 bits per heavy atom. The van der Waals surface area contributed by atoms with E-state index in [4.69, 9.17) is 0 Å². The fourth-order valence-corrected chi connectivity index (χ4v) is 2.36. The van der Waals surface area contributed by atoms with Gasteiger partial charge in [-0.3, -0.25) is 4.79 Å². The molecule has 0 N–H and O–H groups in total. The molecule has 124 valence electrons. The van der Waals surface area contributed by atoms with Crippen molar-refractivity contribution in [3.63, 3.8) is 0 Å². The van der Waals surface area contributed by atoms with Crippen LogP contribution in [0.3, 0.4) is 0 Å². The van der Waals surface area contributed by atoms with Gasteiger partial charge in [0.2, 0.25) is 5.91 Å². The molecular weight excluding hydrogens is 260 g/mol. The molecule has 0 spiro atoms. The Morgan fingerprint density at radius 2 is 1.52 bits per heavy atom. The van der Waals surface area contributed by atoms with E-state index < -0.39 is 0 Å². The summed E-state index contributed by atoms with van der Waals surface area (Å²) in [5.74, 6) is 0.245. The van der Waals surface area contributed by atoms with E-state index in [-0.39, 0.29) is 17.0 Å². The Labute approximate surface area is 132 Å². The third-order valence-electron chi connectivity index (χ3n) is 4.94. The van der Waals surface area contributed by atoms with Crippen LogP contribution in [0.4, 0.5) is 0 Å². The zero-order valence-electron chi connectivity index (χ0n) is 15.5. The smallest absolute Gasteiger partial charge is 0.222 e. The van der Waals surface area contributed by atoms with E-state index in [1.807, 2.05) is 6.92 Å². The Morgan fingerprint density at radius 1 is 1.00 bits per heavy atom. The van der Waals surface area contributed by atoms with Crippen LogP contribution in [0.1, 0.15) is 74.1 Å². The fourth-order valence-electron chi connectivity index (χ4n) is 2.36. The van der Waals surface area contributed by atoms with Crippen molar-refractivity contribution in [3.05, 3.63) is 12.3 Å². The Balaban J connectivity index is 4.98. The van der Waals surface area contributed by atoms with Gasteiger partial charge in [-0.25, -0.2) is 0 Å². The molecule has 3 nitrogen and oxygen atoms in total. The minimum atomic E-state index is -0.0799. The van der Waals surface area contributed by atoms with Gasteiger partial charge in [-0.2, -0.15) is 0 Å². The van der Waals surface area contributed by atoms with Crippen molar-refractivity contribution in [3.8, 4) is 0 Å². The van der Waals surface area contributed by atoms with Crippen LogP contribution < -0.4 is 0 Å².